The quantitative estimate of drug-likeness (QED) is 0.393. The number of rotatable bonds is 5. The molecule has 110 valence electrons. The third-order valence-corrected chi connectivity index (χ3v) is 4.28. The maximum atomic E-state index is 10.9. The van der Waals surface area contributed by atoms with Gasteiger partial charge >= 0.3 is 0 Å². The molecule has 0 saturated heterocycles. The number of nitro benzene ring substituents is 1. The lowest BCUT2D eigenvalue weighted by Crippen LogP contribution is -1.95. The van der Waals surface area contributed by atoms with E-state index in [9.17, 15) is 10.1 Å². The fourth-order valence-electron chi connectivity index (χ4n) is 1.92. The number of hydrogen-bond donors (Lipinski definition) is 1. The molecule has 0 unspecified atom stereocenters. The molecule has 0 aliphatic heterocycles. The number of nitrogens with two attached hydrogens (primary N) is 1. The number of nitrogens with zero attached hydrogens (tertiary/aromatic N) is 1. The Morgan fingerprint density at radius 3 is 2.71 bits per heavy atom. The largest absolute Gasteiger partial charge is 0.496 e. The smallest absolute Gasteiger partial charge is 0.270 e. The van der Waals surface area contributed by atoms with Crippen LogP contribution in [0.25, 0.3) is 0 Å². The summed E-state index contributed by atoms with van der Waals surface area (Å²) in [6, 6.07) is 10.3. The van der Waals surface area contributed by atoms with Crippen LogP contribution < -0.4 is 10.5 Å². The summed E-state index contributed by atoms with van der Waals surface area (Å²) in [5.41, 5.74) is 8.47. The van der Waals surface area contributed by atoms with Crippen molar-refractivity contribution in [2.24, 2.45) is 0 Å². The second kappa shape index (κ2) is 6.49. The number of non-ortho nitro benzene ring substituents is 1. The lowest BCUT2D eigenvalue weighted by Gasteiger charge is -2.10. The predicted molar refractivity (Wildman–Crippen MR) is 84.8 cm³/mol. The summed E-state index contributed by atoms with van der Waals surface area (Å²) in [4.78, 5) is 11.5. The van der Waals surface area contributed by atoms with E-state index in [1.54, 1.807) is 31.0 Å². The van der Waals surface area contributed by atoms with Gasteiger partial charge in [0, 0.05) is 34.0 Å². The second-order valence-electron chi connectivity index (χ2n) is 4.57. The molecule has 0 spiro atoms. The molecule has 0 bridgehead atoms. The molecule has 2 aromatic rings. The van der Waals surface area contributed by atoms with Gasteiger partial charge in [-0.2, -0.15) is 0 Å². The van der Waals surface area contributed by atoms with Gasteiger partial charge in [0.15, 0.2) is 0 Å². The Balaban J connectivity index is 2.24. The van der Waals surface area contributed by atoms with Crippen molar-refractivity contribution in [2.75, 3.05) is 12.8 Å². The zero-order valence-corrected chi connectivity index (χ0v) is 12.6. The molecule has 2 aromatic carbocycles. The standard InChI is InChI=1S/C15H16N2O3S/c1-10-3-4-12(16)8-15(10)21-9-11-7-13(17(18)19)5-6-14(11)20-2/h3-8H,9,16H2,1-2H3. The molecule has 0 aliphatic carbocycles. The normalized spacial score (nSPS) is 10.4. The summed E-state index contributed by atoms with van der Waals surface area (Å²) >= 11 is 1.58. The average molecular weight is 304 g/mol. The molecule has 0 fully saturated rings. The third kappa shape index (κ3) is 3.66. The van der Waals surface area contributed by atoms with E-state index in [-0.39, 0.29) is 5.69 Å². The van der Waals surface area contributed by atoms with Gasteiger partial charge in [-0.05, 0) is 30.7 Å². The van der Waals surface area contributed by atoms with Crippen molar-refractivity contribution in [3.05, 3.63) is 57.6 Å². The van der Waals surface area contributed by atoms with Crippen LogP contribution in [-0.2, 0) is 5.75 Å². The van der Waals surface area contributed by atoms with E-state index in [0.29, 0.717) is 17.2 Å². The number of hydrogen-bond acceptors (Lipinski definition) is 5. The van der Waals surface area contributed by atoms with Gasteiger partial charge in [0.2, 0.25) is 0 Å². The molecule has 0 radical (unpaired) electrons. The average Bonchev–Trinajstić information content (AvgIpc) is 2.47. The summed E-state index contributed by atoms with van der Waals surface area (Å²) in [5, 5.41) is 10.9. The van der Waals surface area contributed by atoms with Crippen molar-refractivity contribution in [3.8, 4) is 5.75 Å². The van der Waals surface area contributed by atoms with Crippen molar-refractivity contribution in [1.82, 2.24) is 0 Å². The van der Waals surface area contributed by atoms with Crippen molar-refractivity contribution in [2.45, 2.75) is 17.6 Å². The third-order valence-electron chi connectivity index (χ3n) is 3.07. The van der Waals surface area contributed by atoms with Crippen molar-refractivity contribution in [3.63, 3.8) is 0 Å². The molecule has 2 rings (SSSR count). The Morgan fingerprint density at radius 2 is 2.05 bits per heavy atom. The first-order chi connectivity index (χ1) is 10.0. The van der Waals surface area contributed by atoms with Crippen LogP contribution in [-0.4, -0.2) is 12.0 Å². The van der Waals surface area contributed by atoms with Gasteiger partial charge in [-0.25, -0.2) is 0 Å². The molecule has 0 heterocycles. The van der Waals surface area contributed by atoms with E-state index in [1.807, 2.05) is 25.1 Å². The highest BCUT2D eigenvalue weighted by Gasteiger charge is 2.12. The minimum atomic E-state index is -0.403. The lowest BCUT2D eigenvalue weighted by molar-refractivity contribution is -0.384. The highest BCUT2D eigenvalue weighted by atomic mass is 32.2. The minimum absolute atomic E-state index is 0.0655. The number of ether oxygens (including phenoxy) is 1. The summed E-state index contributed by atoms with van der Waals surface area (Å²) in [6.07, 6.45) is 0. The fraction of sp³-hybridized carbons (Fsp3) is 0.200. The molecule has 6 heteroatoms. The zero-order valence-electron chi connectivity index (χ0n) is 11.8. The molecule has 0 saturated carbocycles. The highest BCUT2D eigenvalue weighted by molar-refractivity contribution is 7.98. The number of nitrogen functional groups attached to an aromatic ring is 1. The van der Waals surface area contributed by atoms with Gasteiger partial charge in [-0.3, -0.25) is 10.1 Å². The van der Waals surface area contributed by atoms with E-state index in [0.717, 1.165) is 16.0 Å². The van der Waals surface area contributed by atoms with Crippen LogP contribution in [0.5, 0.6) is 5.75 Å². The van der Waals surface area contributed by atoms with Crippen LogP contribution in [0.3, 0.4) is 0 Å². The Labute approximate surface area is 127 Å². The summed E-state index contributed by atoms with van der Waals surface area (Å²) in [6.45, 7) is 2.01. The summed E-state index contributed by atoms with van der Waals surface area (Å²) in [5.74, 6) is 1.23. The zero-order chi connectivity index (χ0) is 15.4. The molecule has 0 atom stereocenters. The van der Waals surface area contributed by atoms with E-state index >= 15 is 0 Å². The molecule has 0 aromatic heterocycles. The maximum Gasteiger partial charge on any atom is 0.270 e. The lowest BCUT2D eigenvalue weighted by atomic mass is 10.2. The molecule has 2 N–H and O–H groups in total. The Morgan fingerprint density at radius 1 is 1.29 bits per heavy atom. The van der Waals surface area contributed by atoms with E-state index in [4.69, 9.17) is 10.5 Å². The molecule has 0 amide bonds. The van der Waals surface area contributed by atoms with Gasteiger partial charge in [0.1, 0.15) is 5.75 Å². The number of aryl methyl sites for hydroxylation is 1. The Hall–Kier alpha value is -2.21. The number of nitro groups is 1. The van der Waals surface area contributed by atoms with Gasteiger partial charge in [0.05, 0.1) is 12.0 Å². The van der Waals surface area contributed by atoms with E-state index in [2.05, 4.69) is 0 Å². The van der Waals surface area contributed by atoms with Crippen LogP contribution in [0.4, 0.5) is 11.4 Å². The van der Waals surface area contributed by atoms with Crippen molar-refractivity contribution < 1.29 is 9.66 Å². The van der Waals surface area contributed by atoms with E-state index in [1.165, 1.54) is 6.07 Å². The van der Waals surface area contributed by atoms with Crippen molar-refractivity contribution >= 4 is 23.1 Å². The monoisotopic (exact) mass is 304 g/mol. The Bertz CT molecular complexity index is 674. The first-order valence-corrected chi connectivity index (χ1v) is 7.30. The molecule has 5 nitrogen and oxygen atoms in total. The number of anilines is 1. The highest BCUT2D eigenvalue weighted by Crippen LogP contribution is 2.32. The Kier molecular flexibility index (Phi) is 4.70. The first-order valence-electron chi connectivity index (χ1n) is 6.31. The van der Waals surface area contributed by atoms with Crippen LogP contribution >= 0.6 is 11.8 Å². The van der Waals surface area contributed by atoms with Gasteiger partial charge < -0.3 is 10.5 Å². The SMILES string of the molecule is COc1ccc([N+](=O)[O-])cc1CSc1cc(N)ccc1C. The second-order valence-corrected chi connectivity index (χ2v) is 5.58. The predicted octanol–water partition coefficient (Wildman–Crippen LogP) is 3.79. The van der Waals surface area contributed by atoms with Gasteiger partial charge in [-0.1, -0.05) is 6.07 Å². The number of benzene rings is 2. The van der Waals surface area contributed by atoms with Gasteiger partial charge in [-0.15, -0.1) is 11.8 Å². The maximum absolute atomic E-state index is 10.9. The van der Waals surface area contributed by atoms with Crippen LogP contribution in [0.15, 0.2) is 41.3 Å². The van der Waals surface area contributed by atoms with Crippen LogP contribution in [0.1, 0.15) is 11.1 Å². The summed E-state index contributed by atoms with van der Waals surface area (Å²) in [7, 11) is 1.56. The number of thioether (sulfide) groups is 1. The summed E-state index contributed by atoms with van der Waals surface area (Å²) < 4.78 is 5.26. The van der Waals surface area contributed by atoms with Crippen LogP contribution in [0, 0.1) is 17.0 Å². The molecular weight excluding hydrogens is 288 g/mol. The van der Waals surface area contributed by atoms with E-state index < -0.39 is 4.92 Å². The first kappa shape index (κ1) is 15.2. The van der Waals surface area contributed by atoms with Gasteiger partial charge in [0.25, 0.3) is 5.69 Å². The van der Waals surface area contributed by atoms with Crippen molar-refractivity contribution in [1.29, 1.82) is 0 Å². The minimum Gasteiger partial charge on any atom is -0.496 e. The van der Waals surface area contributed by atoms with Crippen LogP contribution in [0.2, 0.25) is 0 Å². The molecule has 0 aliphatic rings. The fourth-order valence-corrected chi connectivity index (χ4v) is 2.97. The topological polar surface area (TPSA) is 78.4 Å². The molecular formula is C15H16N2O3S. The number of methoxy groups -OCH3 is 1. The molecule has 21 heavy (non-hydrogen) atoms.